The van der Waals surface area contributed by atoms with E-state index in [1.165, 1.54) is 6.82 Å². The first-order valence-electron chi connectivity index (χ1n) is 3.29. The first kappa shape index (κ1) is 10.0. The highest BCUT2D eigenvalue weighted by molar-refractivity contribution is 6.38. The van der Waals surface area contributed by atoms with Gasteiger partial charge in [0.25, 0.3) is 0 Å². The summed E-state index contributed by atoms with van der Waals surface area (Å²) in [5.41, 5.74) is 6.18. The zero-order chi connectivity index (χ0) is 8.69. The highest BCUT2D eigenvalue weighted by Crippen LogP contribution is 1.95. The molecule has 0 amide bonds. The van der Waals surface area contributed by atoms with E-state index in [-0.39, 0.29) is 0 Å². The van der Waals surface area contributed by atoms with Crippen LogP contribution in [-0.4, -0.2) is 17.2 Å². The maximum absolute atomic E-state index is 7.61. The van der Waals surface area contributed by atoms with Crippen LogP contribution in [-0.2, 0) is 0 Å². The smallest absolute Gasteiger partial charge is 0.427 e. The number of nitrogen functional groups attached to an aromatic ring is 1. The van der Waals surface area contributed by atoms with Gasteiger partial charge >= 0.3 is 7.12 Å². The first-order chi connectivity index (χ1) is 5.13. The molecule has 3 nitrogen and oxygen atoms in total. The van der Waals surface area contributed by atoms with Gasteiger partial charge in [0.05, 0.1) is 0 Å². The van der Waals surface area contributed by atoms with Gasteiger partial charge in [-0.3, -0.25) is 0 Å². The highest BCUT2D eigenvalue weighted by atomic mass is 16.4. The lowest BCUT2D eigenvalue weighted by Gasteiger charge is -1.83. The summed E-state index contributed by atoms with van der Waals surface area (Å²) < 4.78 is 0. The van der Waals surface area contributed by atoms with Gasteiger partial charge in [-0.1, -0.05) is 18.2 Å². The van der Waals surface area contributed by atoms with Crippen molar-refractivity contribution >= 4 is 12.8 Å². The molecule has 4 N–H and O–H groups in total. The van der Waals surface area contributed by atoms with Crippen LogP contribution in [0.3, 0.4) is 0 Å². The number of nitrogens with two attached hydrogens (primary N) is 1. The van der Waals surface area contributed by atoms with Gasteiger partial charge in [-0.25, -0.2) is 0 Å². The fourth-order valence-corrected chi connectivity index (χ4v) is 0.453. The lowest BCUT2D eigenvalue weighted by molar-refractivity contribution is 0.417. The molecule has 0 fully saturated rings. The number of para-hydroxylation sites is 1. The SMILES string of the molecule is CB(O)O.Nc1ccccc1. The maximum Gasteiger partial charge on any atom is 0.448 e. The number of benzene rings is 1. The molecule has 0 aliphatic rings. The molecule has 1 aromatic carbocycles. The van der Waals surface area contributed by atoms with E-state index in [9.17, 15) is 0 Å². The van der Waals surface area contributed by atoms with Gasteiger partial charge in [0, 0.05) is 5.69 Å². The molecule has 0 saturated heterocycles. The van der Waals surface area contributed by atoms with Crippen molar-refractivity contribution in [2.45, 2.75) is 6.82 Å². The second-order valence-electron chi connectivity index (χ2n) is 2.04. The lowest BCUT2D eigenvalue weighted by atomic mass is 9.99. The van der Waals surface area contributed by atoms with Crippen molar-refractivity contribution in [1.82, 2.24) is 0 Å². The van der Waals surface area contributed by atoms with Crippen LogP contribution in [0.2, 0.25) is 6.82 Å². The monoisotopic (exact) mass is 153 g/mol. The van der Waals surface area contributed by atoms with Crippen LogP contribution >= 0.6 is 0 Å². The van der Waals surface area contributed by atoms with Gasteiger partial charge in [-0.2, -0.15) is 0 Å². The Morgan fingerprint density at radius 1 is 1.18 bits per heavy atom. The predicted molar refractivity (Wildman–Crippen MR) is 46.9 cm³/mol. The standard InChI is InChI=1S/C6H7N.CH5BO2/c7-6-4-2-1-3-5-6;1-2(3)4/h1-5H,7H2;3-4H,1H3. The Balaban J connectivity index is 0.000000218. The third kappa shape index (κ3) is 9.00. The average Bonchev–Trinajstić information content (AvgIpc) is 1.87. The minimum atomic E-state index is -1.17. The second-order valence-corrected chi connectivity index (χ2v) is 2.04. The molecule has 4 heteroatoms. The molecule has 0 bridgehead atoms. The Hall–Kier alpha value is -0.995. The Bertz CT molecular complexity index is 176. The zero-order valence-corrected chi connectivity index (χ0v) is 6.44. The Morgan fingerprint density at radius 3 is 1.73 bits per heavy atom. The van der Waals surface area contributed by atoms with Crippen LogP contribution in [0.1, 0.15) is 0 Å². The molecule has 0 saturated carbocycles. The summed E-state index contributed by atoms with van der Waals surface area (Å²) in [6.07, 6.45) is 0. The van der Waals surface area contributed by atoms with Gasteiger partial charge in [0.1, 0.15) is 0 Å². The van der Waals surface area contributed by atoms with E-state index in [0.717, 1.165) is 5.69 Å². The number of hydrogen-bond acceptors (Lipinski definition) is 3. The molecule has 0 aliphatic carbocycles. The third-order valence-corrected chi connectivity index (χ3v) is 0.800. The summed E-state index contributed by atoms with van der Waals surface area (Å²) in [7, 11) is -1.17. The molecule has 0 spiro atoms. The molecule has 60 valence electrons. The predicted octanol–water partition coefficient (Wildman–Crippen LogP) is 0.358. The third-order valence-electron chi connectivity index (χ3n) is 0.800. The van der Waals surface area contributed by atoms with Crippen molar-refractivity contribution < 1.29 is 10.0 Å². The molecule has 0 aromatic heterocycles. The van der Waals surface area contributed by atoms with Crippen molar-refractivity contribution in [3.05, 3.63) is 30.3 Å². The summed E-state index contributed by atoms with van der Waals surface area (Å²) in [4.78, 5) is 0. The maximum atomic E-state index is 7.61. The molecule has 0 radical (unpaired) electrons. The Labute approximate surface area is 66.6 Å². The minimum absolute atomic E-state index is 0.822. The van der Waals surface area contributed by atoms with Gasteiger partial charge < -0.3 is 15.8 Å². The number of hydrogen-bond donors (Lipinski definition) is 3. The van der Waals surface area contributed by atoms with Crippen LogP contribution in [0.4, 0.5) is 5.69 Å². The van der Waals surface area contributed by atoms with Crippen molar-refractivity contribution in [1.29, 1.82) is 0 Å². The van der Waals surface area contributed by atoms with Crippen LogP contribution in [0.25, 0.3) is 0 Å². The molecule has 1 aromatic rings. The molecule has 11 heavy (non-hydrogen) atoms. The van der Waals surface area contributed by atoms with E-state index < -0.39 is 7.12 Å². The van der Waals surface area contributed by atoms with Crippen LogP contribution < -0.4 is 5.73 Å². The molecule has 0 atom stereocenters. The van der Waals surface area contributed by atoms with Crippen molar-refractivity contribution in [3.63, 3.8) is 0 Å². The van der Waals surface area contributed by atoms with Gasteiger partial charge in [0.2, 0.25) is 0 Å². The van der Waals surface area contributed by atoms with E-state index in [0.29, 0.717) is 0 Å². The van der Waals surface area contributed by atoms with Crippen LogP contribution in [0, 0.1) is 0 Å². The molecule has 0 unspecified atom stereocenters. The number of anilines is 1. The summed E-state index contributed by atoms with van der Waals surface area (Å²) in [5.74, 6) is 0. The Morgan fingerprint density at radius 2 is 1.55 bits per heavy atom. The minimum Gasteiger partial charge on any atom is -0.427 e. The second kappa shape index (κ2) is 5.76. The summed E-state index contributed by atoms with van der Waals surface area (Å²) in [6, 6.07) is 9.49. The zero-order valence-electron chi connectivity index (χ0n) is 6.44. The van der Waals surface area contributed by atoms with E-state index in [1.807, 2.05) is 30.3 Å². The fraction of sp³-hybridized carbons (Fsp3) is 0.143. The average molecular weight is 153 g/mol. The van der Waals surface area contributed by atoms with E-state index in [1.54, 1.807) is 0 Å². The molecule has 0 heterocycles. The van der Waals surface area contributed by atoms with E-state index in [4.69, 9.17) is 15.8 Å². The van der Waals surface area contributed by atoms with Crippen LogP contribution in [0.5, 0.6) is 0 Å². The normalized spacial score (nSPS) is 7.91. The van der Waals surface area contributed by atoms with Crippen molar-refractivity contribution in [3.8, 4) is 0 Å². The van der Waals surface area contributed by atoms with Gasteiger partial charge in [0.15, 0.2) is 0 Å². The van der Waals surface area contributed by atoms with Gasteiger partial charge in [-0.15, -0.1) is 0 Å². The fourth-order valence-electron chi connectivity index (χ4n) is 0.453. The quantitative estimate of drug-likeness (QED) is 0.372. The highest BCUT2D eigenvalue weighted by Gasteiger charge is 1.86. The summed E-state index contributed by atoms with van der Waals surface area (Å²) in [6.45, 7) is 1.28. The molecular formula is C7H12BNO2. The van der Waals surface area contributed by atoms with Crippen molar-refractivity contribution in [2.24, 2.45) is 0 Å². The van der Waals surface area contributed by atoms with Crippen LogP contribution in [0.15, 0.2) is 30.3 Å². The van der Waals surface area contributed by atoms with Gasteiger partial charge in [-0.05, 0) is 19.0 Å². The molecular weight excluding hydrogens is 141 g/mol. The molecule has 1 rings (SSSR count). The summed E-state index contributed by atoms with van der Waals surface area (Å²) >= 11 is 0. The number of rotatable bonds is 0. The topological polar surface area (TPSA) is 66.5 Å². The largest absolute Gasteiger partial charge is 0.448 e. The lowest BCUT2D eigenvalue weighted by Crippen LogP contribution is -2.00. The van der Waals surface area contributed by atoms with E-state index in [2.05, 4.69) is 0 Å². The van der Waals surface area contributed by atoms with Crippen molar-refractivity contribution in [2.75, 3.05) is 5.73 Å². The Kier molecular flexibility index (Phi) is 5.24. The summed E-state index contributed by atoms with van der Waals surface area (Å²) in [5, 5.41) is 15.2. The first-order valence-corrected chi connectivity index (χ1v) is 3.29. The van der Waals surface area contributed by atoms with E-state index >= 15 is 0 Å². The molecule has 0 aliphatic heterocycles.